The number of carbonyl (C=O) groups is 1. The van der Waals surface area contributed by atoms with E-state index in [-0.39, 0.29) is 5.75 Å². The number of hydrogen-bond acceptors (Lipinski definition) is 10. The number of ether oxygens (including phenoxy) is 2. The zero-order valence-corrected chi connectivity index (χ0v) is 21.1. The summed E-state index contributed by atoms with van der Waals surface area (Å²) in [6.45, 7) is 5.54. The molecule has 1 aromatic carbocycles. The SMILES string of the molecule is CC(C)OC(=O)C(C)NP(=O)(OC[C@@]1(C)O[C@@H](n2ccc(=O)[nH]c2=O)[C@@H](O)[C@@H]1O)Oc1ccccc1. The van der Waals surface area contributed by atoms with Gasteiger partial charge < -0.3 is 24.2 Å². The summed E-state index contributed by atoms with van der Waals surface area (Å²) in [4.78, 5) is 37.8. The number of esters is 1. The van der Waals surface area contributed by atoms with E-state index in [4.69, 9.17) is 18.5 Å². The second-order valence-corrected chi connectivity index (χ2v) is 10.5. The summed E-state index contributed by atoms with van der Waals surface area (Å²) in [5.41, 5.74) is -3.18. The number of aromatic amines is 1. The number of carbonyl (C=O) groups excluding carboxylic acids is 1. The zero-order valence-electron chi connectivity index (χ0n) is 20.2. The molecule has 1 aliphatic heterocycles. The van der Waals surface area contributed by atoms with Crippen LogP contribution >= 0.6 is 7.75 Å². The zero-order chi connectivity index (χ0) is 26.7. The van der Waals surface area contributed by atoms with Crippen LogP contribution in [0.4, 0.5) is 0 Å². The van der Waals surface area contributed by atoms with Crippen LogP contribution < -0.4 is 20.9 Å². The number of aromatic nitrogens is 2. The Balaban J connectivity index is 1.81. The van der Waals surface area contributed by atoms with Crippen LogP contribution in [0.3, 0.4) is 0 Å². The van der Waals surface area contributed by atoms with E-state index in [1.165, 1.54) is 26.0 Å². The largest absolute Gasteiger partial charge is 0.462 e. The molecule has 3 rings (SSSR count). The molecule has 6 atom stereocenters. The lowest BCUT2D eigenvalue weighted by molar-refractivity contribution is -0.149. The second-order valence-electron chi connectivity index (χ2n) is 8.79. The van der Waals surface area contributed by atoms with Gasteiger partial charge in [0.15, 0.2) is 6.23 Å². The van der Waals surface area contributed by atoms with Gasteiger partial charge in [0.2, 0.25) is 0 Å². The molecule has 0 radical (unpaired) electrons. The number of para-hydroxylation sites is 1. The molecule has 4 N–H and O–H groups in total. The highest BCUT2D eigenvalue weighted by molar-refractivity contribution is 7.52. The standard InChI is InChI=1S/C22H30N3O10P/c1-13(2)33-20(29)14(3)24-36(31,35-15-8-6-5-7-9-15)32-12-22(4)18(28)17(27)19(34-22)25-11-10-16(26)23-21(25)30/h5-11,13-14,17-19,27-28H,12H2,1-4H3,(H,24,31)(H,23,26,30)/t14?,17-,18-,19+,22+,36?/m0/s1. The third-order valence-corrected chi connectivity index (χ3v) is 6.93. The van der Waals surface area contributed by atoms with Gasteiger partial charge in [-0.1, -0.05) is 18.2 Å². The highest BCUT2D eigenvalue weighted by Gasteiger charge is 2.53. The molecule has 14 heteroatoms. The minimum atomic E-state index is -4.28. The van der Waals surface area contributed by atoms with Crippen LogP contribution in [0, 0.1) is 0 Å². The summed E-state index contributed by atoms with van der Waals surface area (Å²) in [5, 5.41) is 23.7. The van der Waals surface area contributed by atoms with Crippen LogP contribution in [0.5, 0.6) is 5.75 Å². The fraction of sp³-hybridized carbons (Fsp3) is 0.500. The number of nitrogens with one attached hydrogen (secondary N) is 2. The summed E-state index contributed by atoms with van der Waals surface area (Å²) in [6.07, 6.45) is -3.85. The van der Waals surface area contributed by atoms with E-state index in [2.05, 4.69) is 5.09 Å². The van der Waals surface area contributed by atoms with E-state index in [0.29, 0.717) is 0 Å². The van der Waals surface area contributed by atoms with Gasteiger partial charge >= 0.3 is 19.4 Å². The van der Waals surface area contributed by atoms with Gasteiger partial charge in [-0.2, -0.15) is 5.09 Å². The van der Waals surface area contributed by atoms with Crippen molar-refractivity contribution in [2.45, 2.75) is 63.9 Å². The Bertz CT molecular complexity index is 1220. The second kappa shape index (κ2) is 11.1. The van der Waals surface area contributed by atoms with Crippen LogP contribution in [0.2, 0.25) is 0 Å². The Morgan fingerprint density at radius 3 is 2.50 bits per heavy atom. The van der Waals surface area contributed by atoms with Gasteiger partial charge in [0.25, 0.3) is 5.56 Å². The highest BCUT2D eigenvalue weighted by Crippen LogP contribution is 2.47. The van der Waals surface area contributed by atoms with E-state index in [1.54, 1.807) is 32.0 Å². The summed E-state index contributed by atoms with van der Waals surface area (Å²) >= 11 is 0. The first-order valence-electron chi connectivity index (χ1n) is 11.2. The quantitative estimate of drug-likeness (QED) is 0.252. The first-order valence-corrected chi connectivity index (χ1v) is 12.7. The molecular weight excluding hydrogens is 497 g/mol. The number of aliphatic hydroxyl groups excluding tert-OH is 2. The molecule has 1 aromatic heterocycles. The number of H-pyrrole nitrogens is 1. The molecule has 13 nitrogen and oxygen atoms in total. The minimum absolute atomic E-state index is 0.175. The summed E-state index contributed by atoms with van der Waals surface area (Å²) in [6, 6.07) is 8.02. The molecule has 0 bridgehead atoms. The molecule has 0 amide bonds. The topological polar surface area (TPSA) is 178 Å². The fourth-order valence-electron chi connectivity index (χ4n) is 3.45. The number of rotatable bonds is 10. The van der Waals surface area contributed by atoms with Crippen LogP contribution in [-0.4, -0.2) is 62.3 Å². The van der Waals surface area contributed by atoms with Crippen molar-refractivity contribution < 1.29 is 38.1 Å². The van der Waals surface area contributed by atoms with Gasteiger partial charge in [0.05, 0.1) is 12.7 Å². The number of benzene rings is 1. The van der Waals surface area contributed by atoms with Gasteiger partial charge in [-0.25, -0.2) is 9.36 Å². The Kier molecular flexibility index (Phi) is 8.55. The molecule has 36 heavy (non-hydrogen) atoms. The van der Waals surface area contributed by atoms with Crippen molar-refractivity contribution in [2.24, 2.45) is 0 Å². The third kappa shape index (κ3) is 6.49. The fourth-order valence-corrected chi connectivity index (χ4v) is 5.03. The smallest absolute Gasteiger partial charge is 0.459 e. The van der Waals surface area contributed by atoms with Crippen molar-refractivity contribution in [1.82, 2.24) is 14.6 Å². The average Bonchev–Trinajstić information content (AvgIpc) is 3.02. The Hall–Kier alpha value is -2.80. The molecule has 1 saturated heterocycles. The molecule has 0 saturated carbocycles. The lowest BCUT2D eigenvalue weighted by Gasteiger charge is -2.30. The number of nitrogens with zero attached hydrogens (tertiary/aromatic N) is 1. The van der Waals surface area contributed by atoms with Crippen LogP contribution in [-0.2, 0) is 23.4 Å². The summed E-state index contributed by atoms with van der Waals surface area (Å²) in [5.74, 6) is -0.518. The van der Waals surface area contributed by atoms with E-state index in [9.17, 15) is 29.2 Å². The molecule has 1 fully saturated rings. The molecule has 1 aliphatic rings. The molecule has 198 valence electrons. The van der Waals surface area contributed by atoms with Gasteiger partial charge in [-0.15, -0.1) is 0 Å². The van der Waals surface area contributed by atoms with Crippen molar-refractivity contribution in [3.05, 3.63) is 63.4 Å². The third-order valence-electron chi connectivity index (χ3n) is 5.30. The lowest BCUT2D eigenvalue weighted by Crippen LogP contribution is -2.45. The van der Waals surface area contributed by atoms with Crippen LogP contribution in [0.25, 0.3) is 0 Å². The normalized spacial score (nSPS) is 26.4. The van der Waals surface area contributed by atoms with Crippen molar-refractivity contribution in [2.75, 3.05) is 6.61 Å². The summed E-state index contributed by atoms with van der Waals surface area (Å²) in [7, 11) is -4.28. The molecule has 2 aromatic rings. The van der Waals surface area contributed by atoms with Crippen molar-refractivity contribution in [3.8, 4) is 5.75 Å². The Morgan fingerprint density at radius 1 is 1.22 bits per heavy atom. The van der Waals surface area contributed by atoms with E-state index < -0.39 is 67.8 Å². The van der Waals surface area contributed by atoms with Gasteiger partial charge in [0, 0.05) is 12.3 Å². The van der Waals surface area contributed by atoms with E-state index >= 15 is 0 Å². The van der Waals surface area contributed by atoms with E-state index in [1.807, 2.05) is 4.98 Å². The predicted octanol–water partition coefficient (Wildman–Crippen LogP) is 0.679. The molecule has 2 unspecified atom stereocenters. The predicted molar refractivity (Wildman–Crippen MR) is 126 cm³/mol. The minimum Gasteiger partial charge on any atom is -0.462 e. The maximum Gasteiger partial charge on any atom is 0.459 e. The number of aliphatic hydroxyl groups is 2. The first kappa shape index (κ1) is 27.8. The lowest BCUT2D eigenvalue weighted by atomic mass is 9.99. The number of hydrogen-bond donors (Lipinski definition) is 4. The van der Waals surface area contributed by atoms with Crippen LogP contribution in [0.15, 0.2) is 52.2 Å². The average molecular weight is 527 g/mol. The maximum atomic E-state index is 13.7. The molecule has 0 spiro atoms. The van der Waals surface area contributed by atoms with E-state index in [0.717, 1.165) is 16.8 Å². The van der Waals surface area contributed by atoms with Gasteiger partial charge in [-0.05, 0) is 39.8 Å². The Morgan fingerprint density at radius 2 is 1.89 bits per heavy atom. The molecule has 2 heterocycles. The van der Waals surface area contributed by atoms with Crippen molar-refractivity contribution >= 4 is 13.7 Å². The first-order chi connectivity index (χ1) is 16.8. The monoisotopic (exact) mass is 527 g/mol. The Labute approximate surface area is 206 Å². The van der Waals surface area contributed by atoms with Gasteiger partial charge in [-0.3, -0.25) is 23.7 Å². The highest BCUT2D eigenvalue weighted by atomic mass is 31.2. The molecule has 0 aliphatic carbocycles. The molecular formula is C22H30N3O10P. The van der Waals surface area contributed by atoms with Crippen LogP contribution in [0.1, 0.15) is 33.9 Å². The van der Waals surface area contributed by atoms with Crippen molar-refractivity contribution in [1.29, 1.82) is 0 Å². The maximum absolute atomic E-state index is 13.7. The van der Waals surface area contributed by atoms with Gasteiger partial charge in [0.1, 0.15) is 29.6 Å². The van der Waals surface area contributed by atoms with Crippen molar-refractivity contribution in [3.63, 3.8) is 0 Å². The summed E-state index contributed by atoms with van der Waals surface area (Å²) < 4.78 is 36.6.